The molecule has 2 aliphatic heterocycles. The van der Waals surface area contributed by atoms with Crippen LogP contribution in [-0.2, 0) is 9.47 Å². The SMILES string of the molecule is CN1CCOCC1C1CCOC(c2ccc(F)cc2)C1. The van der Waals surface area contributed by atoms with Gasteiger partial charge in [0.25, 0.3) is 0 Å². The third kappa shape index (κ3) is 3.03. The van der Waals surface area contributed by atoms with Crippen LogP contribution in [0.5, 0.6) is 0 Å². The second-order valence-electron chi connectivity index (χ2n) is 5.82. The summed E-state index contributed by atoms with van der Waals surface area (Å²) < 4.78 is 24.5. The quantitative estimate of drug-likeness (QED) is 0.830. The summed E-state index contributed by atoms with van der Waals surface area (Å²) in [5.74, 6) is 0.394. The van der Waals surface area contributed by atoms with E-state index in [0.717, 1.165) is 44.8 Å². The summed E-state index contributed by atoms with van der Waals surface area (Å²) in [5.41, 5.74) is 1.08. The lowest BCUT2D eigenvalue weighted by atomic mass is 9.85. The van der Waals surface area contributed by atoms with Gasteiger partial charge in [0.1, 0.15) is 5.82 Å². The number of ether oxygens (including phenoxy) is 2. The molecule has 0 spiro atoms. The Kier molecular flexibility index (Phi) is 4.34. The van der Waals surface area contributed by atoms with Crippen molar-refractivity contribution in [3.63, 3.8) is 0 Å². The van der Waals surface area contributed by atoms with E-state index >= 15 is 0 Å². The van der Waals surface area contributed by atoms with Gasteiger partial charge < -0.3 is 9.47 Å². The molecule has 0 bridgehead atoms. The Morgan fingerprint density at radius 1 is 1.20 bits per heavy atom. The number of rotatable bonds is 2. The van der Waals surface area contributed by atoms with Gasteiger partial charge in [0, 0.05) is 19.2 Å². The first-order valence-corrected chi connectivity index (χ1v) is 7.39. The Morgan fingerprint density at radius 2 is 2.00 bits per heavy atom. The Morgan fingerprint density at radius 3 is 2.75 bits per heavy atom. The molecule has 0 aromatic heterocycles. The highest BCUT2D eigenvalue weighted by Crippen LogP contribution is 2.35. The topological polar surface area (TPSA) is 21.7 Å². The van der Waals surface area contributed by atoms with Gasteiger partial charge in [-0.15, -0.1) is 0 Å². The van der Waals surface area contributed by atoms with Crippen molar-refractivity contribution in [3.8, 4) is 0 Å². The number of nitrogens with zero attached hydrogens (tertiary/aromatic N) is 1. The normalized spacial score (nSPS) is 32.2. The summed E-state index contributed by atoms with van der Waals surface area (Å²) in [5, 5.41) is 0. The molecule has 3 unspecified atom stereocenters. The van der Waals surface area contributed by atoms with Crippen molar-refractivity contribution in [1.29, 1.82) is 0 Å². The van der Waals surface area contributed by atoms with Crippen molar-refractivity contribution in [2.45, 2.75) is 25.0 Å². The molecule has 110 valence electrons. The highest BCUT2D eigenvalue weighted by Gasteiger charge is 2.33. The van der Waals surface area contributed by atoms with Gasteiger partial charge in [-0.05, 0) is 43.5 Å². The van der Waals surface area contributed by atoms with E-state index in [4.69, 9.17) is 9.47 Å². The van der Waals surface area contributed by atoms with Crippen LogP contribution < -0.4 is 0 Å². The number of morpholine rings is 1. The van der Waals surface area contributed by atoms with E-state index in [-0.39, 0.29) is 11.9 Å². The van der Waals surface area contributed by atoms with Gasteiger partial charge in [-0.25, -0.2) is 4.39 Å². The molecule has 3 nitrogen and oxygen atoms in total. The van der Waals surface area contributed by atoms with Crippen LogP contribution in [0.2, 0.25) is 0 Å². The van der Waals surface area contributed by atoms with Gasteiger partial charge in [-0.2, -0.15) is 0 Å². The highest BCUT2D eigenvalue weighted by molar-refractivity contribution is 5.19. The number of hydrogen-bond donors (Lipinski definition) is 0. The number of benzene rings is 1. The molecule has 2 heterocycles. The Labute approximate surface area is 119 Å². The molecule has 1 aromatic rings. The highest BCUT2D eigenvalue weighted by atomic mass is 19.1. The molecular weight excluding hydrogens is 257 g/mol. The molecule has 0 N–H and O–H groups in total. The maximum atomic E-state index is 13.0. The molecule has 2 saturated heterocycles. The van der Waals surface area contributed by atoms with Gasteiger partial charge in [0.15, 0.2) is 0 Å². The molecule has 1 aromatic carbocycles. The van der Waals surface area contributed by atoms with Crippen molar-refractivity contribution < 1.29 is 13.9 Å². The first-order chi connectivity index (χ1) is 9.74. The van der Waals surface area contributed by atoms with Crippen molar-refractivity contribution in [2.24, 2.45) is 5.92 Å². The number of likely N-dealkylation sites (N-methyl/N-ethyl adjacent to an activating group) is 1. The van der Waals surface area contributed by atoms with E-state index in [0.29, 0.717) is 12.0 Å². The lowest BCUT2D eigenvalue weighted by Gasteiger charge is -2.41. The maximum Gasteiger partial charge on any atom is 0.123 e. The zero-order valence-electron chi connectivity index (χ0n) is 11.9. The van der Waals surface area contributed by atoms with Gasteiger partial charge >= 0.3 is 0 Å². The summed E-state index contributed by atoms with van der Waals surface area (Å²) in [6, 6.07) is 7.18. The first-order valence-electron chi connectivity index (χ1n) is 7.39. The van der Waals surface area contributed by atoms with E-state index in [9.17, 15) is 4.39 Å². The van der Waals surface area contributed by atoms with E-state index in [1.54, 1.807) is 0 Å². The van der Waals surface area contributed by atoms with Crippen LogP contribution in [0.25, 0.3) is 0 Å². The minimum Gasteiger partial charge on any atom is -0.378 e. The standard InChI is InChI=1S/C16H22FNO2/c1-18-7-9-19-11-15(18)13-6-8-20-16(10-13)12-2-4-14(17)5-3-12/h2-5,13,15-16H,6-11H2,1H3. The van der Waals surface area contributed by atoms with Crippen molar-refractivity contribution in [1.82, 2.24) is 4.90 Å². The summed E-state index contributed by atoms with van der Waals surface area (Å²) in [4.78, 5) is 2.40. The zero-order chi connectivity index (χ0) is 13.9. The summed E-state index contributed by atoms with van der Waals surface area (Å²) in [6.07, 6.45) is 2.16. The predicted molar refractivity (Wildman–Crippen MR) is 75.1 cm³/mol. The second-order valence-corrected chi connectivity index (χ2v) is 5.82. The van der Waals surface area contributed by atoms with Gasteiger partial charge in [0.2, 0.25) is 0 Å². The minimum absolute atomic E-state index is 0.0877. The van der Waals surface area contributed by atoms with Gasteiger partial charge in [0.05, 0.1) is 19.3 Å². The molecular formula is C16H22FNO2. The van der Waals surface area contributed by atoms with Crippen LogP contribution in [0.4, 0.5) is 4.39 Å². The van der Waals surface area contributed by atoms with Gasteiger partial charge in [-0.1, -0.05) is 12.1 Å². The van der Waals surface area contributed by atoms with E-state index < -0.39 is 0 Å². The zero-order valence-corrected chi connectivity index (χ0v) is 11.9. The van der Waals surface area contributed by atoms with E-state index in [2.05, 4.69) is 11.9 Å². The van der Waals surface area contributed by atoms with Crippen LogP contribution >= 0.6 is 0 Å². The molecule has 0 amide bonds. The minimum atomic E-state index is -0.193. The molecule has 0 saturated carbocycles. The first kappa shape index (κ1) is 14.0. The van der Waals surface area contributed by atoms with Crippen LogP contribution in [0, 0.1) is 11.7 Å². The fraction of sp³-hybridized carbons (Fsp3) is 0.625. The largest absolute Gasteiger partial charge is 0.378 e. The molecule has 3 atom stereocenters. The number of halogens is 1. The Bertz CT molecular complexity index is 437. The molecule has 0 radical (unpaired) electrons. The summed E-state index contributed by atoms with van der Waals surface area (Å²) in [7, 11) is 2.18. The summed E-state index contributed by atoms with van der Waals surface area (Å²) >= 11 is 0. The monoisotopic (exact) mass is 279 g/mol. The number of hydrogen-bond acceptors (Lipinski definition) is 3. The predicted octanol–water partition coefficient (Wildman–Crippen LogP) is 2.62. The van der Waals surface area contributed by atoms with Crippen LogP contribution in [-0.4, -0.2) is 44.4 Å². The fourth-order valence-electron chi connectivity index (χ4n) is 3.28. The van der Waals surface area contributed by atoms with E-state index in [1.165, 1.54) is 12.1 Å². The van der Waals surface area contributed by atoms with Crippen molar-refractivity contribution >= 4 is 0 Å². The molecule has 2 fully saturated rings. The fourth-order valence-corrected chi connectivity index (χ4v) is 3.28. The average Bonchev–Trinajstić information content (AvgIpc) is 2.49. The third-order valence-electron chi connectivity index (χ3n) is 4.55. The van der Waals surface area contributed by atoms with Crippen molar-refractivity contribution in [2.75, 3.05) is 33.4 Å². The van der Waals surface area contributed by atoms with Crippen LogP contribution in [0.1, 0.15) is 24.5 Å². The van der Waals surface area contributed by atoms with Crippen molar-refractivity contribution in [3.05, 3.63) is 35.6 Å². The molecule has 2 aliphatic rings. The Balaban J connectivity index is 1.68. The van der Waals surface area contributed by atoms with E-state index in [1.807, 2.05) is 12.1 Å². The Hall–Kier alpha value is -0.970. The lowest BCUT2D eigenvalue weighted by molar-refractivity contribution is -0.0692. The van der Waals surface area contributed by atoms with Crippen LogP contribution in [0.3, 0.4) is 0 Å². The molecule has 0 aliphatic carbocycles. The lowest BCUT2D eigenvalue weighted by Crippen LogP contribution is -2.48. The molecule has 3 rings (SSSR count). The van der Waals surface area contributed by atoms with Gasteiger partial charge in [-0.3, -0.25) is 4.90 Å². The van der Waals surface area contributed by atoms with Crippen LogP contribution in [0.15, 0.2) is 24.3 Å². The maximum absolute atomic E-state index is 13.0. The third-order valence-corrected chi connectivity index (χ3v) is 4.55. The summed E-state index contributed by atoms with van der Waals surface area (Å²) in [6.45, 7) is 3.43. The second kappa shape index (κ2) is 6.20. The average molecular weight is 279 g/mol. The molecule has 4 heteroatoms. The smallest absolute Gasteiger partial charge is 0.123 e. The molecule has 20 heavy (non-hydrogen) atoms.